The van der Waals surface area contributed by atoms with Crippen LogP contribution in [-0.2, 0) is 0 Å². The van der Waals surface area contributed by atoms with Crippen molar-refractivity contribution in [2.45, 2.75) is 59.8 Å². The molecule has 0 spiro atoms. The molecule has 0 aromatic carbocycles. The quantitative estimate of drug-likeness (QED) is 0.634. The van der Waals surface area contributed by atoms with Gasteiger partial charge in [0, 0.05) is 0 Å². The summed E-state index contributed by atoms with van der Waals surface area (Å²) < 4.78 is 2.84. The second kappa shape index (κ2) is 7.68. The summed E-state index contributed by atoms with van der Waals surface area (Å²) in [7, 11) is -2.93. The third-order valence-corrected chi connectivity index (χ3v) is 15.0. The van der Waals surface area contributed by atoms with Crippen LogP contribution in [0.5, 0.6) is 0 Å². The van der Waals surface area contributed by atoms with Crippen LogP contribution in [0.2, 0.25) is 25.2 Å². The van der Waals surface area contributed by atoms with Crippen LogP contribution in [0.25, 0.3) is 0 Å². The van der Waals surface area contributed by atoms with Crippen LogP contribution in [0, 0.1) is 0 Å². The largest absolute Gasteiger partial charge is 0.326 e. The van der Waals surface area contributed by atoms with Crippen LogP contribution >= 0.6 is 0 Å². The van der Waals surface area contributed by atoms with Gasteiger partial charge in [0.2, 0.25) is 0 Å². The molecule has 104 valence electrons. The molecule has 0 aromatic rings. The zero-order valence-corrected chi connectivity index (χ0v) is 15.0. The van der Waals surface area contributed by atoms with E-state index in [2.05, 4.69) is 61.9 Å². The van der Waals surface area contributed by atoms with Crippen molar-refractivity contribution >= 4 is 16.8 Å². The highest BCUT2D eigenvalue weighted by molar-refractivity contribution is 6.89. The molecule has 0 aliphatic heterocycles. The summed E-state index contributed by atoms with van der Waals surface area (Å²) in [4.78, 5) is 7.64. The van der Waals surface area contributed by atoms with Gasteiger partial charge in [0.1, 0.15) is 0 Å². The predicted octanol–water partition coefficient (Wildman–Crippen LogP) is 2.71. The van der Waals surface area contributed by atoms with Crippen LogP contribution in [0.3, 0.4) is 0 Å². The lowest BCUT2D eigenvalue weighted by molar-refractivity contribution is 0.582. The Bertz CT molecular complexity index is 196. The zero-order valence-electron chi connectivity index (χ0n) is 13.0. The van der Waals surface area contributed by atoms with Gasteiger partial charge in [-0.25, -0.2) is 0 Å². The smallest absolute Gasteiger partial charge is 0.194 e. The molecule has 0 aromatic heterocycles. The van der Waals surface area contributed by atoms with Crippen molar-refractivity contribution in [2.75, 3.05) is 19.6 Å². The van der Waals surface area contributed by atoms with E-state index in [-0.39, 0.29) is 0 Å². The first-order chi connectivity index (χ1) is 7.94. The van der Waals surface area contributed by atoms with Crippen LogP contribution in [0.15, 0.2) is 0 Å². The minimum Gasteiger partial charge on any atom is -0.326 e. The third kappa shape index (κ3) is 4.17. The number of hydrogen-bond donors (Lipinski definition) is 2. The summed E-state index contributed by atoms with van der Waals surface area (Å²) in [6.45, 7) is 19.8. The average molecular weight is 276 g/mol. The van der Waals surface area contributed by atoms with E-state index in [0.717, 1.165) is 13.1 Å². The monoisotopic (exact) mass is 275 g/mol. The van der Waals surface area contributed by atoms with Crippen molar-refractivity contribution < 1.29 is 0 Å². The Labute approximate surface area is 111 Å². The molecule has 0 saturated carbocycles. The Hall–Kier alpha value is 0.314. The molecule has 5 heteroatoms. The maximum atomic E-state index is 3.82. The SMILES string of the molecule is CCN[Si](C)(CC)N(CC)[Si](C)(CC)NCC. The number of nitrogens with zero attached hydrogens (tertiary/aromatic N) is 1. The van der Waals surface area contributed by atoms with E-state index in [4.69, 9.17) is 0 Å². The van der Waals surface area contributed by atoms with E-state index >= 15 is 0 Å². The lowest BCUT2D eigenvalue weighted by Gasteiger charge is -2.49. The van der Waals surface area contributed by atoms with Gasteiger partial charge in [0.05, 0.1) is 0 Å². The predicted molar refractivity (Wildman–Crippen MR) is 83.9 cm³/mol. The van der Waals surface area contributed by atoms with Crippen molar-refractivity contribution in [2.24, 2.45) is 0 Å². The number of nitrogens with one attached hydrogen (secondary N) is 2. The van der Waals surface area contributed by atoms with E-state index in [1.807, 2.05) is 0 Å². The molecule has 2 unspecified atom stereocenters. The highest BCUT2D eigenvalue weighted by atomic mass is 28.4. The molecule has 0 radical (unpaired) electrons. The molecule has 0 aliphatic carbocycles. The molecule has 3 nitrogen and oxygen atoms in total. The number of hydrogen-bond acceptors (Lipinski definition) is 3. The minimum atomic E-state index is -1.46. The molecule has 0 aliphatic rings. The van der Waals surface area contributed by atoms with Crippen LogP contribution in [-0.4, -0.2) is 40.7 Å². The zero-order chi connectivity index (χ0) is 13.5. The summed E-state index contributed by atoms with van der Waals surface area (Å²) in [5, 5.41) is 0. The van der Waals surface area contributed by atoms with Crippen molar-refractivity contribution in [1.29, 1.82) is 0 Å². The molecule has 0 bridgehead atoms. The number of rotatable bonds is 9. The van der Waals surface area contributed by atoms with E-state index in [9.17, 15) is 0 Å². The highest BCUT2D eigenvalue weighted by Crippen LogP contribution is 2.21. The topological polar surface area (TPSA) is 27.3 Å². The Morgan fingerprint density at radius 2 is 1.12 bits per heavy atom. The van der Waals surface area contributed by atoms with Crippen molar-refractivity contribution in [3.05, 3.63) is 0 Å². The van der Waals surface area contributed by atoms with Crippen molar-refractivity contribution in [3.63, 3.8) is 0 Å². The van der Waals surface area contributed by atoms with Crippen LogP contribution < -0.4 is 9.96 Å². The van der Waals surface area contributed by atoms with Crippen LogP contribution in [0.4, 0.5) is 0 Å². The second-order valence-electron chi connectivity index (χ2n) is 5.06. The lowest BCUT2D eigenvalue weighted by Crippen LogP contribution is -2.75. The molecule has 2 N–H and O–H groups in total. The first kappa shape index (κ1) is 17.3. The van der Waals surface area contributed by atoms with Gasteiger partial charge in [0.15, 0.2) is 16.8 Å². The van der Waals surface area contributed by atoms with Gasteiger partial charge in [0.25, 0.3) is 0 Å². The fourth-order valence-corrected chi connectivity index (χ4v) is 13.2. The highest BCUT2D eigenvalue weighted by Gasteiger charge is 2.43. The Kier molecular flexibility index (Phi) is 7.83. The van der Waals surface area contributed by atoms with Gasteiger partial charge in [-0.05, 0) is 44.8 Å². The summed E-state index contributed by atoms with van der Waals surface area (Å²) in [6.07, 6.45) is 0. The Morgan fingerprint density at radius 1 is 0.765 bits per heavy atom. The normalized spacial score (nSPS) is 19.1. The van der Waals surface area contributed by atoms with Gasteiger partial charge < -0.3 is 14.2 Å². The Balaban J connectivity index is 5.11. The molecule has 2 atom stereocenters. The van der Waals surface area contributed by atoms with Gasteiger partial charge in [-0.2, -0.15) is 0 Å². The average Bonchev–Trinajstić information content (AvgIpc) is 2.30. The van der Waals surface area contributed by atoms with Gasteiger partial charge in [-0.1, -0.05) is 34.6 Å². The van der Waals surface area contributed by atoms with Gasteiger partial charge >= 0.3 is 0 Å². The first-order valence-corrected chi connectivity index (χ1v) is 12.5. The molecule has 0 fully saturated rings. The van der Waals surface area contributed by atoms with E-state index in [0.29, 0.717) is 0 Å². The summed E-state index contributed by atoms with van der Waals surface area (Å²) in [6, 6.07) is 2.56. The third-order valence-electron chi connectivity index (χ3n) is 4.00. The van der Waals surface area contributed by atoms with Gasteiger partial charge in [-0.3, -0.25) is 0 Å². The van der Waals surface area contributed by atoms with Gasteiger partial charge in [-0.15, -0.1) is 0 Å². The molecular weight excluding hydrogens is 242 g/mol. The van der Waals surface area contributed by atoms with Crippen molar-refractivity contribution in [1.82, 2.24) is 14.2 Å². The summed E-state index contributed by atoms with van der Waals surface area (Å²) in [5.74, 6) is 0. The fourth-order valence-electron chi connectivity index (χ4n) is 2.83. The van der Waals surface area contributed by atoms with E-state index in [1.165, 1.54) is 18.6 Å². The molecule has 0 rings (SSSR count). The molecule has 0 heterocycles. The minimum absolute atomic E-state index is 1.09. The summed E-state index contributed by atoms with van der Waals surface area (Å²) in [5.41, 5.74) is 0. The lowest BCUT2D eigenvalue weighted by atomic mass is 10.8. The standard InChI is InChI=1S/C12H33N3Si2/c1-8-13-16(6,11-4)15(10-3)17(7,12-5)14-9-2/h13-14H,8-12H2,1-7H3. The molecule has 17 heavy (non-hydrogen) atoms. The van der Waals surface area contributed by atoms with E-state index in [1.54, 1.807) is 0 Å². The van der Waals surface area contributed by atoms with E-state index < -0.39 is 16.8 Å². The molecule has 0 amide bonds. The first-order valence-electron chi connectivity index (χ1n) is 7.21. The second-order valence-corrected chi connectivity index (χ2v) is 13.8. The maximum absolute atomic E-state index is 3.82. The Morgan fingerprint density at radius 3 is 1.29 bits per heavy atom. The maximum Gasteiger partial charge on any atom is 0.194 e. The molecular formula is C12H33N3Si2. The summed E-state index contributed by atoms with van der Waals surface area (Å²) >= 11 is 0. The van der Waals surface area contributed by atoms with Crippen LogP contribution in [0.1, 0.15) is 34.6 Å². The molecule has 0 saturated heterocycles. The fraction of sp³-hybridized carbons (Fsp3) is 1.00. The van der Waals surface area contributed by atoms with Crippen molar-refractivity contribution in [3.8, 4) is 0 Å².